The highest BCUT2D eigenvalue weighted by atomic mass is 16.4. The highest BCUT2D eigenvalue weighted by molar-refractivity contribution is 5.85. The maximum atomic E-state index is 14.0. The van der Waals surface area contributed by atoms with Crippen LogP contribution in [0.5, 0.6) is 11.5 Å². The van der Waals surface area contributed by atoms with Gasteiger partial charge in [-0.1, -0.05) is 120 Å². The molecule has 0 saturated heterocycles. The van der Waals surface area contributed by atoms with Gasteiger partial charge >= 0.3 is 5.97 Å². The van der Waals surface area contributed by atoms with Gasteiger partial charge in [0.05, 0.1) is 29.4 Å². The van der Waals surface area contributed by atoms with E-state index in [1.165, 1.54) is 30.9 Å². The van der Waals surface area contributed by atoms with Gasteiger partial charge in [-0.3, -0.25) is 4.79 Å². The summed E-state index contributed by atoms with van der Waals surface area (Å²) in [4.78, 5) is 21.4. The van der Waals surface area contributed by atoms with Crippen molar-refractivity contribution in [3.05, 3.63) is 131 Å². The molecule has 2 fully saturated rings. The number of hydrogen-bond donors (Lipinski definition) is 7. The molecule has 5 aromatic rings. The lowest BCUT2D eigenvalue weighted by molar-refractivity contribution is -0.269. The number of hydrogen-bond acceptors (Lipinski definition) is 8. The average Bonchev–Trinajstić information content (AvgIpc) is 3.92. The second kappa shape index (κ2) is 23.4. The molecule has 2 saturated carbocycles. The predicted octanol–water partition coefficient (Wildman–Crippen LogP) is 11.8. The zero-order chi connectivity index (χ0) is 50.2. The zero-order valence-electron chi connectivity index (χ0n) is 42.2. The van der Waals surface area contributed by atoms with Crippen molar-refractivity contribution in [2.75, 3.05) is 5.73 Å². The van der Waals surface area contributed by atoms with Crippen LogP contribution in [-0.4, -0.2) is 59.3 Å². The van der Waals surface area contributed by atoms with Crippen molar-refractivity contribution in [3.8, 4) is 33.9 Å². The molecule has 0 amide bonds. The van der Waals surface area contributed by atoms with Crippen molar-refractivity contribution >= 4 is 11.8 Å². The van der Waals surface area contributed by atoms with Crippen LogP contribution in [0.4, 0.5) is 5.82 Å². The van der Waals surface area contributed by atoms with E-state index in [1.54, 1.807) is 12.3 Å². The first-order valence-electron chi connectivity index (χ1n) is 26.8. The van der Waals surface area contributed by atoms with Crippen LogP contribution < -0.4 is 10.8 Å². The monoisotopic (exact) mass is 965 g/mol. The Labute approximate surface area is 421 Å². The fourth-order valence-corrected chi connectivity index (χ4v) is 12.9. The number of aromatic amines is 1. The van der Waals surface area contributed by atoms with Crippen LogP contribution in [0.25, 0.3) is 22.4 Å². The van der Waals surface area contributed by atoms with Gasteiger partial charge in [-0.05, 0) is 165 Å². The lowest BCUT2D eigenvalue weighted by atomic mass is 9.69. The Kier molecular flexibility index (Phi) is 17.1. The average molecular weight is 965 g/mol. The maximum Gasteiger partial charge on any atom is 0.309 e. The van der Waals surface area contributed by atoms with Gasteiger partial charge in [0.1, 0.15) is 11.6 Å². The molecule has 0 aliphatic heterocycles. The number of aliphatic hydroxyl groups is 3. The molecular formula is C61H78N3O7-. The van der Waals surface area contributed by atoms with Gasteiger partial charge in [0, 0.05) is 34.9 Å². The SMILES string of the molecule is CCCCC[C@@H]1C=C[C@@H](CCCC[C@H]2CC[C@@H](c3cc(-c4ccccc4)c(-c4cc(O)cc([O-])c4Cc4ccc(C(C)C)cc4)[nH]3)[C@@H]3C[C@H](Cc4ccnc(N)c4)C[C@@]3(O)CC[C@H](O)[C@H]2C(=O)O)[C@H](O)C1. The summed E-state index contributed by atoms with van der Waals surface area (Å²) in [6, 6.07) is 27.4. The van der Waals surface area contributed by atoms with Gasteiger partial charge in [-0.15, -0.1) is 5.75 Å². The Morgan fingerprint density at radius 1 is 0.859 bits per heavy atom. The van der Waals surface area contributed by atoms with Crippen LogP contribution in [-0.2, 0) is 17.6 Å². The van der Waals surface area contributed by atoms with Crippen molar-refractivity contribution in [3.63, 3.8) is 0 Å². The van der Waals surface area contributed by atoms with Crippen LogP contribution in [0.2, 0.25) is 0 Å². The number of carbonyl (C=O) groups is 1. The molecule has 0 spiro atoms. The number of H-pyrrole nitrogens is 1. The number of allylic oxidation sites excluding steroid dienone is 1. The van der Waals surface area contributed by atoms with Gasteiger partial charge < -0.3 is 41.4 Å². The highest BCUT2D eigenvalue weighted by Gasteiger charge is 2.51. The third kappa shape index (κ3) is 12.6. The minimum atomic E-state index is -1.22. The Morgan fingerprint density at radius 2 is 1.62 bits per heavy atom. The van der Waals surface area contributed by atoms with E-state index >= 15 is 0 Å². The van der Waals surface area contributed by atoms with Crippen molar-refractivity contribution in [1.29, 1.82) is 0 Å². The van der Waals surface area contributed by atoms with Crippen molar-refractivity contribution < 1.29 is 35.4 Å². The first-order chi connectivity index (χ1) is 34.2. The van der Waals surface area contributed by atoms with E-state index in [0.29, 0.717) is 79.4 Å². The summed E-state index contributed by atoms with van der Waals surface area (Å²) < 4.78 is 0. The molecule has 0 bridgehead atoms. The molecule has 10 atom stereocenters. The van der Waals surface area contributed by atoms with Crippen molar-refractivity contribution in [2.45, 2.75) is 160 Å². The molecule has 10 heteroatoms. The smallest absolute Gasteiger partial charge is 0.309 e. The minimum Gasteiger partial charge on any atom is -0.872 e. The topological polar surface area (TPSA) is 196 Å². The molecule has 3 aliphatic rings. The standard InChI is InChI=1S/C61H79N3O7/c1-4-5-7-12-39-19-22-45(55(67)32-39)15-10-11-16-46-23-24-48(52-31-42(29-41-26-28-63-57(62)33-41)37-61(52,71)27-25-54(66)58(46)60(69)70)53-36-49(44-13-8-6-9-14-44)59(64-53)51-34-47(65)35-56(68)50(51)30-40-17-20-43(21-18-40)38(2)3/h6,8-9,13-14,17-22,26,28,33-36,38-39,42,45-46,48,52,54-55,58,64-68,71H,4-5,7,10-12,15-16,23-25,27,29-32,37H2,1-3H3,(H2,62,63)(H,69,70)/p-1/t39-,42+,45-,46+,48-,52+,54+,55-,58+,61+/m1/s1. The number of phenols is 1. The normalized spacial score (nSPS) is 26.9. The van der Waals surface area contributed by atoms with Crippen LogP contribution in [0.1, 0.15) is 157 Å². The molecule has 2 aromatic heterocycles. The number of carboxylic acid groups (broad SMARTS) is 1. The molecule has 8 N–H and O–H groups in total. The quantitative estimate of drug-likeness (QED) is 0.0330. The summed E-state index contributed by atoms with van der Waals surface area (Å²) in [5.74, 6) is -1.83. The van der Waals surface area contributed by atoms with Crippen LogP contribution in [0.3, 0.4) is 0 Å². The number of nitrogens with two attached hydrogens (primary N) is 1. The second-order valence-electron chi connectivity index (χ2n) is 22.0. The minimum absolute atomic E-state index is 0.0827. The predicted molar refractivity (Wildman–Crippen MR) is 281 cm³/mol. The van der Waals surface area contributed by atoms with E-state index in [4.69, 9.17) is 5.73 Å². The van der Waals surface area contributed by atoms with E-state index in [0.717, 1.165) is 60.1 Å². The fraction of sp³-hybridized carbons (Fsp3) is 0.508. The molecule has 8 rings (SSSR count). The molecular weight excluding hydrogens is 887 g/mol. The van der Waals surface area contributed by atoms with Crippen LogP contribution in [0.15, 0.2) is 103 Å². The molecule has 3 aliphatic carbocycles. The number of carboxylic acids is 1. The van der Waals surface area contributed by atoms with E-state index in [2.05, 4.69) is 73.2 Å². The molecule has 0 radical (unpaired) electrons. The summed E-state index contributed by atoms with van der Waals surface area (Å²) >= 11 is 0. The third-order valence-corrected chi connectivity index (χ3v) is 16.7. The summed E-state index contributed by atoms with van der Waals surface area (Å²) in [7, 11) is 0. The van der Waals surface area contributed by atoms with E-state index in [-0.39, 0.29) is 60.0 Å². The molecule has 380 valence electrons. The number of nitrogen functional groups attached to an aromatic ring is 1. The van der Waals surface area contributed by atoms with Gasteiger partial charge in [0.25, 0.3) is 0 Å². The number of aliphatic carboxylic acids is 1. The number of phenolic OH excluding ortho intramolecular Hbond substituents is 1. The van der Waals surface area contributed by atoms with Gasteiger partial charge in [-0.2, -0.15) is 0 Å². The van der Waals surface area contributed by atoms with Gasteiger partial charge in [0.2, 0.25) is 0 Å². The lowest BCUT2D eigenvalue weighted by Crippen LogP contribution is -2.42. The lowest BCUT2D eigenvalue weighted by Gasteiger charge is -2.40. The number of pyridine rings is 1. The van der Waals surface area contributed by atoms with Gasteiger partial charge in [0.15, 0.2) is 0 Å². The van der Waals surface area contributed by atoms with E-state index in [1.807, 2.05) is 42.5 Å². The van der Waals surface area contributed by atoms with E-state index in [9.17, 15) is 35.4 Å². The molecule has 3 aromatic carbocycles. The Bertz CT molecular complexity index is 2550. The summed E-state index contributed by atoms with van der Waals surface area (Å²) in [5.41, 5.74) is 12.7. The highest BCUT2D eigenvalue weighted by Crippen LogP contribution is 2.54. The largest absolute Gasteiger partial charge is 0.872 e. The number of aliphatic hydroxyl groups excluding tert-OH is 2. The van der Waals surface area contributed by atoms with Crippen LogP contribution in [0, 0.1) is 35.5 Å². The second-order valence-corrected chi connectivity index (χ2v) is 22.0. The summed E-state index contributed by atoms with van der Waals surface area (Å²) in [6.07, 6.45) is 17.0. The van der Waals surface area contributed by atoms with Crippen molar-refractivity contribution in [1.82, 2.24) is 9.97 Å². The number of fused-ring (bicyclic) bond motifs is 1. The molecule has 2 heterocycles. The molecule has 10 nitrogen and oxygen atoms in total. The number of benzene rings is 3. The number of nitrogens with one attached hydrogen (secondary N) is 1. The summed E-state index contributed by atoms with van der Waals surface area (Å²) in [6.45, 7) is 6.52. The van der Waals surface area contributed by atoms with Gasteiger partial charge in [-0.25, -0.2) is 4.98 Å². The third-order valence-electron chi connectivity index (χ3n) is 16.7. The Balaban J connectivity index is 1.15. The molecule has 0 unspecified atom stereocenters. The maximum absolute atomic E-state index is 14.0. The number of unbranched alkanes of at least 4 members (excludes halogenated alkanes) is 3. The Morgan fingerprint density at radius 3 is 2.34 bits per heavy atom. The summed E-state index contributed by atoms with van der Waals surface area (Å²) in [5, 5.41) is 72.2. The Hall–Kier alpha value is -5.42. The first-order valence-corrected chi connectivity index (χ1v) is 26.8. The number of anilines is 1. The number of nitrogens with zero attached hydrogens (tertiary/aromatic N) is 1. The number of aromatic nitrogens is 2. The number of aromatic hydroxyl groups is 1. The fourth-order valence-electron chi connectivity index (χ4n) is 12.9. The first kappa shape index (κ1) is 51.9. The van der Waals surface area contributed by atoms with Crippen molar-refractivity contribution in [2.24, 2.45) is 35.5 Å². The van der Waals surface area contributed by atoms with Crippen LogP contribution >= 0.6 is 0 Å². The zero-order valence-corrected chi connectivity index (χ0v) is 42.2. The molecule has 71 heavy (non-hydrogen) atoms. The van der Waals surface area contributed by atoms with E-state index < -0.39 is 23.6 Å². The number of rotatable bonds is 18.